The molecule has 2 heterocycles. The SMILES string of the molecule is COc1ccccc1CC(=O)N1CCC([C@@H]2CC[C@H](C(=O)O)O2)CC1. The predicted molar refractivity (Wildman–Crippen MR) is 91.5 cm³/mol. The van der Waals surface area contributed by atoms with E-state index in [9.17, 15) is 9.59 Å². The third-order valence-corrected chi connectivity index (χ3v) is 5.28. The third-order valence-electron chi connectivity index (χ3n) is 5.28. The van der Waals surface area contributed by atoms with Crippen molar-refractivity contribution in [3.63, 3.8) is 0 Å². The van der Waals surface area contributed by atoms with Crippen LogP contribution in [0.4, 0.5) is 0 Å². The number of ether oxygens (including phenoxy) is 2. The summed E-state index contributed by atoms with van der Waals surface area (Å²) in [7, 11) is 1.61. The Morgan fingerprint density at radius 1 is 1.20 bits per heavy atom. The maximum atomic E-state index is 12.6. The summed E-state index contributed by atoms with van der Waals surface area (Å²) < 4.78 is 11.0. The molecule has 2 atom stereocenters. The zero-order valence-electron chi connectivity index (χ0n) is 14.5. The Balaban J connectivity index is 1.50. The van der Waals surface area contributed by atoms with Gasteiger partial charge in [-0.1, -0.05) is 18.2 Å². The topological polar surface area (TPSA) is 76.1 Å². The second-order valence-electron chi connectivity index (χ2n) is 6.79. The molecule has 0 saturated carbocycles. The number of aliphatic carboxylic acids is 1. The van der Waals surface area contributed by atoms with E-state index in [1.54, 1.807) is 7.11 Å². The molecular formula is C19H25NO5. The van der Waals surface area contributed by atoms with Crippen LogP contribution in [-0.4, -0.2) is 54.3 Å². The summed E-state index contributed by atoms with van der Waals surface area (Å²) >= 11 is 0. The third kappa shape index (κ3) is 4.12. The summed E-state index contributed by atoms with van der Waals surface area (Å²) in [6.07, 6.45) is 2.84. The maximum absolute atomic E-state index is 12.6. The largest absolute Gasteiger partial charge is 0.496 e. The fourth-order valence-corrected chi connectivity index (χ4v) is 3.84. The van der Waals surface area contributed by atoms with Crippen molar-refractivity contribution in [3.8, 4) is 5.75 Å². The number of carbonyl (C=O) groups is 2. The number of nitrogens with zero attached hydrogens (tertiary/aromatic N) is 1. The molecule has 2 saturated heterocycles. The molecule has 6 nitrogen and oxygen atoms in total. The summed E-state index contributed by atoms with van der Waals surface area (Å²) in [6, 6.07) is 7.59. The minimum absolute atomic E-state index is 0.0209. The standard InChI is InChI=1S/C19H25NO5/c1-24-15-5-3-2-4-14(15)12-18(21)20-10-8-13(9-11-20)16-6-7-17(25-16)19(22)23/h2-5,13,16-17H,6-12H2,1H3,(H,22,23)/t16-,17+/m0/s1. The molecule has 0 spiro atoms. The van der Waals surface area contributed by atoms with E-state index in [4.69, 9.17) is 14.6 Å². The Kier molecular flexibility index (Phi) is 5.58. The summed E-state index contributed by atoms with van der Waals surface area (Å²) in [5.74, 6) is 0.329. The van der Waals surface area contributed by atoms with E-state index < -0.39 is 12.1 Å². The van der Waals surface area contributed by atoms with Crippen molar-refractivity contribution in [2.45, 2.75) is 44.3 Å². The molecule has 0 unspecified atom stereocenters. The Morgan fingerprint density at radius 3 is 2.56 bits per heavy atom. The van der Waals surface area contributed by atoms with Gasteiger partial charge in [0, 0.05) is 18.7 Å². The van der Waals surface area contributed by atoms with Gasteiger partial charge in [-0.3, -0.25) is 4.79 Å². The van der Waals surface area contributed by atoms with Gasteiger partial charge in [-0.25, -0.2) is 4.79 Å². The number of carboxylic acid groups (broad SMARTS) is 1. The van der Waals surface area contributed by atoms with Gasteiger partial charge in [0.15, 0.2) is 6.10 Å². The van der Waals surface area contributed by atoms with E-state index in [2.05, 4.69) is 0 Å². The van der Waals surface area contributed by atoms with Gasteiger partial charge in [0.2, 0.25) is 5.91 Å². The monoisotopic (exact) mass is 347 g/mol. The van der Waals surface area contributed by atoms with Crippen LogP contribution < -0.4 is 4.74 Å². The Hall–Kier alpha value is -2.08. The average Bonchev–Trinajstić information content (AvgIpc) is 3.13. The normalized spacial score (nSPS) is 24.3. The van der Waals surface area contributed by atoms with Gasteiger partial charge >= 0.3 is 5.97 Å². The number of benzene rings is 1. The van der Waals surface area contributed by atoms with Crippen LogP contribution in [0.5, 0.6) is 5.75 Å². The first-order chi connectivity index (χ1) is 12.1. The fourth-order valence-electron chi connectivity index (χ4n) is 3.84. The highest BCUT2D eigenvalue weighted by Crippen LogP contribution is 2.32. The smallest absolute Gasteiger partial charge is 0.332 e. The first kappa shape index (κ1) is 17.7. The lowest BCUT2D eigenvalue weighted by Crippen LogP contribution is -2.42. The molecule has 0 aromatic heterocycles. The van der Waals surface area contributed by atoms with Crippen LogP contribution in [0.3, 0.4) is 0 Å². The van der Waals surface area contributed by atoms with Crippen LogP contribution in [0.1, 0.15) is 31.2 Å². The molecule has 3 rings (SSSR count). The molecule has 0 aliphatic carbocycles. The van der Waals surface area contributed by atoms with Crippen molar-refractivity contribution in [3.05, 3.63) is 29.8 Å². The molecule has 1 amide bonds. The van der Waals surface area contributed by atoms with Crippen LogP contribution in [0, 0.1) is 5.92 Å². The van der Waals surface area contributed by atoms with Crippen LogP contribution in [-0.2, 0) is 20.7 Å². The summed E-state index contributed by atoms with van der Waals surface area (Å²) in [4.78, 5) is 25.5. The van der Waals surface area contributed by atoms with Crippen molar-refractivity contribution in [2.24, 2.45) is 5.92 Å². The lowest BCUT2D eigenvalue weighted by atomic mass is 9.89. The molecule has 136 valence electrons. The maximum Gasteiger partial charge on any atom is 0.332 e. The first-order valence-corrected chi connectivity index (χ1v) is 8.86. The van der Waals surface area contributed by atoms with Gasteiger partial charge in [0.05, 0.1) is 19.6 Å². The molecule has 2 fully saturated rings. The summed E-state index contributed by atoms with van der Waals surface area (Å²) in [5, 5.41) is 9.04. The zero-order valence-corrected chi connectivity index (χ0v) is 14.5. The number of hydrogen-bond acceptors (Lipinski definition) is 4. The van der Waals surface area contributed by atoms with Crippen LogP contribution in [0.15, 0.2) is 24.3 Å². The number of likely N-dealkylation sites (tertiary alicyclic amines) is 1. The average molecular weight is 347 g/mol. The van der Waals surface area contributed by atoms with Gasteiger partial charge in [0.1, 0.15) is 5.75 Å². The molecule has 1 N–H and O–H groups in total. The molecule has 1 aromatic carbocycles. The number of hydrogen-bond donors (Lipinski definition) is 1. The first-order valence-electron chi connectivity index (χ1n) is 8.86. The molecule has 1 aromatic rings. The Bertz CT molecular complexity index is 624. The van der Waals surface area contributed by atoms with E-state index in [-0.39, 0.29) is 12.0 Å². The molecular weight excluding hydrogens is 322 g/mol. The van der Waals surface area contributed by atoms with Crippen LogP contribution in [0.25, 0.3) is 0 Å². The summed E-state index contributed by atoms with van der Waals surface area (Å²) in [6.45, 7) is 1.41. The molecule has 2 aliphatic rings. The van der Waals surface area contributed by atoms with Crippen LogP contribution in [0.2, 0.25) is 0 Å². The van der Waals surface area contributed by atoms with Crippen molar-refractivity contribution in [1.29, 1.82) is 0 Å². The number of piperidine rings is 1. The van der Waals surface area contributed by atoms with E-state index in [1.165, 1.54) is 0 Å². The molecule has 6 heteroatoms. The zero-order chi connectivity index (χ0) is 17.8. The lowest BCUT2D eigenvalue weighted by Gasteiger charge is -2.34. The van der Waals surface area contributed by atoms with E-state index in [0.717, 1.165) is 30.6 Å². The van der Waals surface area contributed by atoms with Crippen molar-refractivity contribution in [2.75, 3.05) is 20.2 Å². The second-order valence-corrected chi connectivity index (χ2v) is 6.79. The van der Waals surface area contributed by atoms with Crippen molar-refractivity contribution >= 4 is 11.9 Å². The number of para-hydroxylation sites is 1. The Labute approximate surface area is 147 Å². The lowest BCUT2D eigenvalue weighted by molar-refractivity contribution is -0.151. The van der Waals surface area contributed by atoms with Gasteiger partial charge < -0.3 is 19.5 Å². The highest BCUT2D eigenvalue weighted by atomic mass is 16.5. The number of carboxylic acids is 1. The van der Waals surface area contributed by atoms with Crippen molar-refractivity contribution in [1.82, 2.24) is 4.90 Å². The van der Waals surface area contributed by atoms with Crippen LogP contribution >= 0.6 is 0 Å². The minimum atomic E-state index is -0.869. The van der Waals surface area contributed by atoms with E-state index in [1.807, 2.05) is 29.2 Å². The number of carbonyl (C=O) groups excluding carboxylic acids is 1. The highest BCUT2D eigenvalue weighted by molar-refractivity contribution is 5.79. The Morgan fingerprint density at radius 2 is 1.92 bits per heavy atom. The van der Waals surface area contributed by atoms with Gasteiger partial charge in [0.25, 0.3) is 0 Å². The summed E-state index contributed by atoms with van der Waals surface area (Å²) in [5.41, 5.74) is 0.903. The number of rotatable bonds is 5. The van der Waals surface area contributed by atoms with E-state index in [0.29, 0.717) is 31.8 Å². The predicted octanol–water partition coefficient (Wildman–Crippen LogP) is 2.11. The molecule has 0 bridgehead atoms. The van der Waals surface area contributed by atoms with Gasteiger partial charge in [-0.15, -0.1) is 0 Å². The van der Waals surface area contributed by atoms with Gasteiger partial charge in [-0.2, -0.15) is 0 Å². The molecule has 25 heavy (non-hydrogen) atoms. The molecule has 2 aliphatic heterocycles. The fraction of sp³-hybridized carbons (Fsp3) is 0.579. The molecule has 0 radical (unpaired) electrons. The number of amides is 1. The van der Waals surface area contributed by atoms with E-state index >= 15 is 0 Å². The van der Waals surface area contributed by atoms with Gasteiger partial charge in [-0.05, 0) is 37.7 Å². The second kappa shape index (κ2) is 7.87. The highest BCUT2D eigenvalue weighted by Gasteiger charge is 2.37. The van der Waals surface area contributed by atoms with Crippen molar-refractivity contribution < 1.29 is 24.2 Å². The minimum Gasteiger partial charge on any atom is -0.496 e. The number of methoxy groups -OCH3 is 1. The quantitative estimate of drug-likeness (QED) is 0.883.